The van der Waals surface area contributed by atoms with Gasteiger partial charge in [-0.15, -0.1) is 0 Å². The standard InChI is InChI=1S/C24H28N4O5S/c1-27(15-18-7-4-3-5-8-18)34(30,31)23-13-19(10-11-22(23)32-2)24(29)26-20-14-25-28(16-20)17-21-9-6-12-33-21/h3-5,7-8,10-11,13-14,16,21H,6,9,12,15,17H2,1-2H3,(H,26,29)/t21-/m1/s1. The van der Waals surface area contributed by atoms with Crippen LogP contribution in [0, 0.1) is 0 Å². The van der Waals surface area contributed by atoms with E-state index < -0.39 is 15.9 Å². The zero-order valence-corrected chi connectivity index (χ0v) is 20.0. The third kappa shape index (κ3) is 5.46. The molecular weight excluding hydrogens is 456 g/mol. The lowest BCUT2D eigenvalue weighted by atomic mass is 10.2. The first-order chi connectivity index (χ1) is 16.4. The van der Waals surface area contributed by atoms with Crippen molar-refractivity contribution >= 4 is 21.6 Å². The van der Waals surface area contributed by atoms with E-state index >= 15 is 0 Å². The van der Waals surface area contributed by atoms with Crippen LogP contribution in [-0.2, 0) is 27.8 Å². The summed E-state index contributed by atoms with van der Waals surface area (Å²) in [6.07, 6.45) is 5.45. The van der Waals surface area contributed by atoms with Gasteiger partial charge in [-0.05, 0) is 36.6 Å². The first kappa shape index (κ1) is 23.9. The molecule has 1 amide bonds. The van der Waals surface area contributed by atoms with E-state index in [2.05, 4.69) is 10.4 Å². The quantitative estimate of drug-likeness (QED) is 0.501. The molecule has 1 fully saturated rings. The van der Waals surface area contributed by atoms with Crippen LogP contribution in [0.3, 0.4) is 0 Å². The Morgan fingerprint density at radius 1 is 1.26 bits per heavy atom. The Bertz CT molecular complexity index is 1240. The van der Waals surface area contributed by atoms with Gasteiger partial charge in [-0.2, -0.15) is 9.40 Å². The number of carbonyl (C=O) groups excluding carboxylic acids is 1. The summed E-state index contributed by atoms with van der Waals surface area (Å²) in [5.74, 6) is -0.276. The lowest BCUT2D eigenvalue weighted by molar-refractivity contribution is 0.0940. The molecule has 2 aromatic carbocycles. The predicted octanol–water partition coefficient (Wildman–Crippen LogP) is 3.14. The second-order valence-corrected chi connectivity index (χ2v) is 10.2. The average molecular weight is 485 g/mol. The van der Waals surface area contributed by atoms with Crippen molar-refractivity contribution in [2.75, 3.05) is 26.1 Å². The van der Waals surface area contributed by atoms with Crippen LogP contribution in [0.2, 0.25) is 0 Å². The fraction of sp³-hybridized carbons (Fsp3) is 0.333. The van der Waals surface area contributed by atoms with Crippen molar-refractivity contribution in [3.63, 3.8) is 0 Å². The van der Waals surface area contributed by atoms with Crippen molar-refractivity contribution in [2.24, 2.45) is 0 Å². The first-order valence-electron chi connectivity index (χ1n) is 11.0. The number of aromatic nitrogens is 2. The van der Waals surface area contributed by atoms with E-state index in [1.807, 2.05) is 30.3 Å². The molecule has 3 aromatic rings. The number of hydrogen-bond donors (Lipinski definition) is 1. The molecule has 1 aliphatic heterocycles. The van der Waals surface area contributed by atoms with Gasteiger partial charge < -0.3 is 14.8 Å². The number of nitrogens with zero attached hydrogens (tertiary/aromatic N) is 3. The van der Waals surface area contributed by atoms with Gasteiger partial charge >= 0.3 is 0 Å². The van der Waals surface area contributed by atoms with Gasteiger partial charge in [0.1, 0.15) is 10.6 Å². The normalized spacial score (nSPS) is 16.0. The molecule has 1 aliphatic rings. The third-order valence-corrected chi connectivity index (χ3v) is 7.49. The van der Waals surface area contributed by atoms with Gasteiger partial charge in [0.25, 0.3) is 5.91 Å². The Morgan fingerprint density at radius 2 is 2.06 bits per heavy atom. The number of benzene rings is 2. The predicted molar refractivity (Wildman–Crippen MR) is 127 cm³/mol. The smallest absolute Gasteiger partial charge is 0.255 e. The summed E-state index contributed by atoms with van der Waals surface area (Å²) in [5, 5.41) is 7.05. The summed E-state index contributed by atoms with van der Waals surface area (Å²) in [6, 6.07) is 13.6. The fourth-order valence-corrected chi connectivity index (χ4v) is 5.18. The number of amides is 1. The summed E-state index contributed by atoms with van der Waals surface area (Å²) in [6.45, 7) is 1.57. The number of nitrogens with one attached hydrogen (secondary N) is 1. The van der Waals surface area contributed by atoms with E-state index in [0.717, 1.165) is 25.0 Å². The monoisotopic (exact) mass is 484 g/mol. The van der Waals surface area contributed by atoms with Gasteiger partial charge in [-0.1, -0.05) is 30.3 Å². The highest BCUT2D eigenvalue weighted by molar-refractivity contribution is 7.89. The third-order valence-electron chi connectivity index (χ3n) is 5.67. The second kappa shape index (κ2) is 10.4. The number of ether oxygens (including phenoxy) is 2. The van der Waals surface area contributed by atoms with Crippen LogP contribution in [0.5, 0.6) is 5.75 Å². The topological polar surface area (TPSA) is 103 Å². The average Bonchev–Trinajstić information content (AvgIpc) is 3.51. The summed E-state index contributed by atoms with van der Waals surface area (Å²) < 4.78 is 40.5. The Hall–Kier alpha value is -3.21. The van der Waals surface area contributed by atoms with Crippen LogP contribution in [0.15, 0.2) is 65.8 Å². The van der Waals surface area contributed by atoms with E-state index in [0.29, 0.717) is 12.2 Å². The lowest BCUT2D eigenvalue weighted by Gasteiger charge is -2.19. The Labute approximate surface area is 199 Å². The maximum Gasteiger partial charge on any atom is 0.255 e. The highest BCUT2D eigenvalue weighted by Gasteiger charge is 2.26. The molecule has 0 unspecified atom stereocenters. The van der Waals surface area contributed by atoms with Crippen molar-refractivity contribution < 1.29 is 22.7 Å². The van der Waals surface area contributed by atoms with Crippen LogP contribution in [0.4, 0.5) is 5.69 Å². The van der Waals surface area contributed by atoms with Crippen LogP contribution >= 0.6 is 0 Å². The summed E-state index contributed by atoms with van der Waals surface area (Å²) in [5.41, 5.74) is 1.56. The van der Waals surface area contributed by atoms with Gasteiger partial charge in [-0.25, -0.2) is 8.42 Å². The molecule has 1 saturated heterocycles. The van der Waals surface area contributed by atoms with Crippen molar-refractivity contribution in [3.05, 3.63) is 72.1 Å². The van der Waals surface area contributed by atoms with E-state index in [9.17, 15) is 13.2 Å². The second-order valence-electron chi connectivity index (χ2n) is 8.15. The Balaban J connectivity index is 1.51. The largest absolute Gasteiger partial charge is 0.495 e. The van der Waals surface area contributed by atoms with E-state index in [1.54, 1.807) is 17.1 Å². The van der Waals surface area contributed by atoms with Gasteiger partial charge in [0, 0.05) is 32.0 Å². The van der Waals surface area contributed by atoms with E-state index in [4.69, 9.17) is 9.47 Å². The molecule has 0 aliphatic carbocycles. The molecule has 10 heteroatoms. The fourth-order valence-electron chi connectivity index (χ4n) is 3.84. The molecule has 1 atom stereocenters. The molecular formula is C24H28N4O5S. The number of carbonyl (C=O) groups is 1. The first-order valence-corrected chi connectivity index (χ1v) is 12.4. The minimum Gasteiger partial charge on any atom is -0.495 e. The molecule has 2 heterocycles. The van der Waals surface area contributed by atoms with Gasteiger partial charge in [0.2, 0.25) is 10.0 Å². The molecule has 180 valence electrons. The zero-order valence-electron chi connectivity index (χ0n) is 19.2. The van der Waals surface area contributed by atoms with Crippen molar-refractivity contribution in [3.8, 4) is 5.75 Å². The highest BCUT2D eigenvalue weighted by atomic mass is 32.2. The van der Waals surface area contributed by atoms with E-state index in [-0.39, 0.29) is 28.9 Å². The molecule has 4 rings (SSSR count). The SMILES string of the molecule is COc1ccc(C(=O)Nc2cnn(C[C@H]3CCCO3)c2)cc1S(=O)(=O)N(C)Cc1ccccc1. The number of sulfonamides is 1. The molecule has 0 saturated carbocycles. The molecule has 9 nitrogen and oxygen atoms in total. The van der Waals surface area contributed by atoms with Gasteiger partial charge in [0.05, 0.1) is 31.6 Å². The maximum atomic E-state index is 13.3. The molecule has 0 radical (unpaired) electrons. The number of anilines is 1. The van der Waals surface area contributed by atoms with Crippen molar-refractivity contribution in [1.82, 2.24) is 14.1 Å². The zero-order chi connectivity index (χ0) is 24.1. The number of rotatable bonds is 9. The van der Waals surface area contributed by atoms with Gasteiger partial charge in [-0.3, -0.25) is 9.48 Å². The minimum absolute atomic E-state index is 0.0739. The highest BCUT2D eigenvalue weighted by Crippen LogP contribution is 2.28. The number of hydrogen-bond acceptors (Lipinski definition) is 6. The number of methoxy groups -OCH3 is 1. The summed E-state index contributed by atoms with van der Waals surface area (Å²) in [7, 11) is -1.03. The molecule has 0 spiro atoms. The summed E-state index contributed by atoms with van der Waals surface area (Å²) >= 11 is 0. The van der Waals surface area contributed by atoms with Crippen LogP contribution in [-0.4, -0.2) is 55.3 Å². The van der Waals surface area contributed by atoms with Crippen molar-refractivity contribution in [2.45, 2.75) is 36.9 Å². The van der Waals surface area contributed by atoms with Crippen LogP contribution in [0.25, 0.3) is 0 Å². The maximum absolute atomic E-state index is 13.3. The molecule has 0 bridgehead atoms. The Kier molecular flexibility index (Phi) is 7.30. The Morgan fingerprint density at radius 3 is 2.76 bits per heavy atom. The van der Waals surface area contributed by atoms with E-state index in [1.165, 1.54) is 36.7 Å². The lowest BCUT2D eigenvalue weighted by Crippen LogP contribution is -2.27. The van der Waals surface area contributed by atoms with Crippen LogP contribution < -0.4 is 10.1 Å². The van der Waals surface area contributed by atoms with Crippen LogP contribution in [0.1, 0.15) is 28.8 Å². The molecule has 1 N–H and O–H groups in total. The van der Waals surface area contributed by atoms with Gasteiger partial charge in [0.15, 0.2) is 0 Å². The minimum atomic E-state index is -3.92. The summed E-state index contributed by atoms with van der Waals surface area (Å²) in [4.78, 5) is 12.8. The molecule has 34 heavy (non-hydrogen) atoms. The molecule has 1 aromatic heterocycles. The van der Waals surface area contributed by atoms with Crippen molar-refractivity contribution in [1.29, 1.82) is 0 Å².